The normalized spacial score (nSPS) is 15.3. The molecule has 0 aromatic heterocycles. The highest BCUT2D eigenvalue weighted by Crippen LogP contribution is 2.28. The summed E-state index contributed by atoms with van der Waals surface area (Å²) in [5, 5.41) is 10.4. The van der Waals surface area contributed by atoms with Crippen molar-refractivity contribution in [3.05, 3.63) is 88.4 Å². The Morgan fingerprint density at radius 1 is 0.967 bits per heavy atom. The predicted molar refractivity (Wildman–Crippen MR) is 123 cm³/mol. The molecule has 0 atom stereocenters. The molecule has 30 heavy (non-hydrogen) atoms. The number of nitrogens with zero attached hydrogens (tertiary/aromatic N) is 1. The van der Waals surface area contributed by atoms with Crippen LogP contribution in [0.1, 0.15) is 29.5 Å². The van der Waals surface area contributed by atoms with Crippen molar-refractivity contribution >= 4 is 11.6 Å². The van der Waals surface area contributed by atoms with Crippen LogP contribution in [0.2, 0.25) is 5.02 Å². The van der Waals surface area contributed by atoms with E-state index in [4.69, 9.17) is 16.3 Å². The third kappa shape index (κ3) is 5.42. The smallest absolute Gasteiger partial charge is 0.120 e. The van der Waals surface area contributed by atoms with Gasteiger partial charge in [-0.2, -0.15) is 0 Å². The minimum atomic E-state index is -0.130. The molecule has 0 radical (unpaired) electrons. The molecule has 3 nitrogen and oxygen atoms in total. The van der Waals surface area contributed by atoms with E-state index in [0.717, 1.165) is 48.8 Å². The molecule has 1 aliphatic heterocycles. The van der Waals surface area contributed by atoms with E-state index >= 15 is 0 Å². The van der Waals surface area contributed by atoms with Crippen molar-refractivity contribution in [3.8, 4) is 16.9 Å². The zero-order valence-electron chi connectivity index (χ0n) is 17.4. The summed E-state index contributed by atoms with van der Waals surface area (Å²) in [5.41, 5.74) is 6.01. The Labute approximate surface area is 183 Å². The molecular weight excluding hydrogens is 394 g/mol. The highest BCUT2D eigenvalue weighted by molar-refractivity contribution is 6.30. The lowest BCUT2D eigenvalue weighted by molar-refractivity contribution is 0.0792. The van der Waals surface area contributed by atoms with Gasteiger partial charge >= 0.3 is 0 Å². The monoisotopic (exact) mass is 421 g/mol. The molecule has 4 heteroatoms. The summed E-state index contributed by atoms with van der Waals surface area (Å²) in [6.45, 7) is 5.48. The van der Waals surface area contributed by atoms with Crippen molar-refractivity contribution < 1.29 is 9.84 Å². The molecule has 3 aromatic rings. The largest absolute Gasteiger partial charge is 0.489 e. The van der Waals surface area contributed by atoms with Crippen molar-refractivity contribution in [2.45, 2.75) is 39.0 Å². The first kappa shape index (κ1) is 20.9. The average molecular weight is 422 g/mol. The molecule has 4 rings (SSSR count). The van der Waals surface area contributed by atoms with Crippen LogP contribution in [0.5, 0.6) is 5.75 Å². The minimum Gasteiger partial charge on any atom is -0.489 e. The zero-order chi connectivity index (χ0) is 20.9. The van der Waals surface area contributed by atoms with Gasteiger partial charge in [0.2, 0.25) is 0 Å². The van der Waals surface area contributed by atoms with Crippen molar-refractivity contribution in [1.29, 1.82) is 0 Å². The number of likely N-dealkylation sites (tertiary alicyclic amines) is 1. The van der Waals surface area contributed by atoms with Gasteiger partial charge in [-0.1, -0.05) is 48.0 Å². The number of piperidine rings is 1. The quantitative estimate of drug-likeness (QED) is 0.541. The van der Waals surface area contributed by atoms with Gasteiger partial charge in [0.15, 0.2) is 0 Å². The van der Waals surface area contributed by atoms with Gasteiger partial charge in [0.05, 0.1) is 6.10 Å². The summed E-state index contributed by atoms with van der Waals surface area (Å²) < 4.78 is 5.97. The van der Waals surface area contributed by atoms with Crippen molar-refractivity contribution in [3.63, 3.8) is 0 Å². The van der Waals surface area contributed by atoms with Crippen LogP contribution in [0, 0.1) is 6.92 Å². The van der Waals surface area contributed by atoms with Crippen LogP contribution in [-0.4, -0.2) is 29.2 Å². The van der Waals surface area contributed by atoms with Crippen LogP contribution in [0.25, 0.3) is 11.1 Å². The molecule has 0 aliphatic carbocycles. The number of hydrogen-bond donors (Lipinski definition) is 1. The fraction of sp³-hybridized carbons (Fsp3) is 0.308. The van der Waals surface area contributed by atoms with Gasteiger partial charge in [-0.05, 0) is 77.9 Å². The summed E-state index contributed by atoms with van der Waals surface area (Å²) in [5.74, 6) is 0.860. The van der Waals surface area contributed by atoms with E-state index in [1.54, 1.807) is 0 Å². The third-order valence-electron chi connectivity index (χ3n) is 5.69. The first-order valence-electron chi connectivity index (χ1n) is 10.5. The van der Waals surface area contributed by atoms with Gasteiger partial charge < -0.3 is 9.84 Å². The summed E-state index contributed by atoms with van der Waals surface area (Å²) in [4.78, 5) is 2.42. The highest BCUT2D eigenvalue weighted by atomic mass is 35.5. The topological polar surface area (TPSA) is 32.7 Å². The molecule has 0 amide bonds. The molecular formula is C26H28ClNO2. The fourth-order valence-electron chi connectivity index (χ4n) is 4.02. The van der Waals surface area contributed by atoms with E-state index in [2.05, 4.69) is 48.2 Å². The number of halogens is 1. The van der Waals surface area contributed by atoms with Crippen LogP contribution in [0.3, 0.4) is 0 Å². The lowest BCUT2D eigenvalue weighted by Gasteiger charge is -2.29. The lowest BCUT2D eigenvalue weighted by Crippen LogP contribution is -2.35. The Hall–Kier alpha value is -2.33. The van der Waals surface area contributed by atoms with Gasteiger partial charge in [-0.3, -0.25) is 4.90 Å². The summed E-state index contributed by atoms with van der Waals surface area (Å²) >= 11 is 6.05. The van der Waals surface area contributed by atoms with Gasteiger partial charge in [0.1, 0.15) is 12.4 Å². The number of benzene rings is 3. The molecule has 3 aromatic carbocycles. The standard InChI is InChI=1S/C26H28ClNO2/c1-19-14-25(30-18-21-5-3-7-23(27)16-21)8-9-26(19)22-6-2-4-20(15-22)17-28-12-10-24(29)11-13-28/h2-9,14-16,24,29H,10-13,17-18H2,1H3. The van der Waals surface area contributed by atoms with Crippen LogP contribution in [0.4, 0.5) is 0 Å². The maximum Gasteiger partial charge on any atom is 0.120 e. The van der Waals surface area contributed by atoms with Crippen LogP contribution >= 0.6 is 11.6 Å². The zero-order valence-corrected chi connectivity index (χ0v) is 18.1. The molecule has 0 unspecified atom stereocenters. The second kappa shape index (κ2) is 9.65. The van der Waals surface area contributed by atoms with Crippen molar-refractivity contribution in [1.82, 2.24) is 4.90 Å². The minimum absolute atomic E-state index is 0.130. The second-order valence-corrected chi connectivity index (χ2v) is 8.54. The van der Waals surface area contributed by atoms with Gasteiger partial charge in [-0.25, -0.2) is 0 Å². The number of aryl methyl sites for hydroxylation is 1. The molecule has 1 saturated heterocycles. The number of ether oxygens (including phenoxy) is 1. The Morgan fingerprint density at radius 3 is 2.50 bits per heavy atom. The Balaban J connectivity index is 1.43. The predicted octanol–water partition coefficient (Wildman–Crippen LogP) is 5.85. The number of rotatable bonds is 6. The van der Waals surface area contributed by atoms with Gasteiger partial charge in [0, 0.05) is 24.7 Å². The van der Waals surface area contributed by atoms with Gasteiger partial charge in [-0.15, -0.1) is 0 Å². The molecule has 1 heterocycles. The maximum absolute atomic E-state index is 9.71. The van der Waals surface area contributed by atoms with Crippen molar-refractivity contribution in [2.24, 2.45) is 0 Å². The number of aliphatic hydroxyl groups excluding tert-OH is 1. The Morgan fingerprint density at radius 2 is 1.73 bits per heavy atom. The first-order valence-corrected chi connectivity index (χ1v) is 10.9. The fourth-order valence-corrected chi connectivity index (χ4v) is 4.23. The SMILES string of the molecule is Cc1cc(OCc2cccc(Cl)c2)ccc1-c1cccc(CN2CCC(O)CC2)c1. The molecule has 1 N–H and O–H groups in total. The molecule has 0 saturated carbocycles. The molecule has 1 fully saturated rings. The van der Waals surface area contributed by atoms with Gasteiger partial charge in [0.25, 0.3) is 0 Å². The molecule has 0 spiro atoms. The summed E-state index contributed by atoms with van der Waals surface area (Å²) in [7, 11) is 0. The van der Waals surface area contributed by atoms with Crippen molar-refractivity contribution in [2.75, 3.05) is 13.1 Å². The van der Waals surface area contributed by atoms with E-state index in [-0.39, 0.29) is 6.10 Å². The Bertz CT molecular complexity index is 996. The second-order valence-electron chi connectivity index (χ2n) is 8.10. The van der Waals surface area contributed by atoms with Crippen LogP contribution in [0.15, 0.2) is 66.7 Å². The third-order valence-corrected chi connectivity index (χ3v) is 5.93. The molecule has 0 bridgehead atoms. The van der Waals surface area contributed by atoms with E-state index in [1.165, 1.54) is 22.3 Å². The van der Waals surface area contributed by atoms with E-state index in [0.29, 0.717) is 6.61 Å². The van der Waals surface area contributed by atoms with Crippen LogP contribution < -0.4 is 4.74 Å². The number of aliphatic hydroxyl groups is 1. The van der Waals surface area contributed by atoms with Crippen LogP contribution in [-0.2, 0) is 13.2 Å². The maximum atomic E-state index is 9.71. The summed E-state index contributed by atoms with van der Waals surface area (Å²) in [6.07, 6.45) is 1.61. The average Bonchev–Trinajstić information content (AvgIpc) is 2.74. The van der Waals surface area contributed by atoms with E-state index < -0.39 is 0 Å². The summed E-state index contributed by atoms with van der Waals surface area (Å²) in [6, 6.07) is 22.8. The number of hydrogen-bond acceptors (Lipinski definition) is 3. The Kier molecular flexibility index (Phi) is 6.73. The lowest BCUT2D eigenvalue weighted by atomic mass is 9.98. The van der Waals surface area contributed by atoms with E-state index in [9.17, 15) is 5.11 Å². The van der Waals surface area contributed by atoms with E-state index in [1.807, 2.05) is 30.3 Å². The first-order chi connectivity index (χ1) is 14.6. The molecule has 156 valence electrons. The molecule has 1 aliphatic rings. The highest BCUT2D eigenvalue weighted by Gasteiger charge is 2.17.